The van der Waals surface area contributed by atoms with Crippen LogP contribution in [0.15, 0.2) is 36.5 Å². The molecule has 0 bridgehead atoms. The lowest BCUT2D eigenvalue weighted by molar-refractivity contribution is -0.385. The Balaban J connectivity index is 2.03. The average molecular weight is 291 g/mol. The zero-order valence-electron chi connectivity index (χ0n) is 11.4. The van der Waals surface area contributed by atoms with Crippen molar-refractivity contribution >= 4 is 5.69 Å². The van der Waals surface area contributed by atoms with E-state index in [4.69, 9.17) is 4.74 Å². The van der Waals surface area contributed by atoms with Crippen molar-refractivity contribution < 1.29 is 14.1 Å². The smallest absolute Gasteiger partial charge is 0.274 e. The molecule has 0 saturated heterocycles. The van der Waals surface area contributed by atoms with Crippen molar-refractivity contribution in [3.05, 3.63) is 63.6 Å². The molecule has 21 heavy (non-hydrogen) atoms. The fourth-order valence-corrected chi connectivity index (χ4v) is 1.89. The summed E-state index contributed by atoms with van der Waals surface area (Å²) in [6, 6.07) is 6.97. The maximum Gasteiger partial charge on any atom is 0.274 e. The molecule has 0 fully saturated rings. The Morgan fingerprint density at radius 2 is 2.14 bits per heavy atom. The Kier molecular flexibility index (Phi) is 4.78. The third-order valence-electron chi connectivity index (χ3n) is 2.89. The topological polar surface area (TPSA) is 77.3 Å². The highest BCUT2D eigenvalue weighted by atomic mass is 19.1. The number of halogens is 1. The summed E-state index contributed by atoms with van der Waals surface area (Å²) in [5.41, 5.74) is 1.12. The number of nitro benzene ring substituents is 1. The first-order chi connectivity index (χ1) is 10.1. The first-order valence-electron chi connectivity index (χ1n) is 6.22. The quantitative estimate of drug-likeness (QED) is 0.653. The molecule has 1 aromatic carbocycles. The van der Waals surface area contributed by atoms with Gasteiger partial charge in [-0.15, -0.1) is 0 Å². The van der Waals surface area contributed by atoms with E-state index in [0.717, 1.165) is 17.7 Å². The molecule has 0 atom stereocenters. The third kappa shape index (κ3) is 3.96. The van der Waals surface area contributed by atoms with Crippen molar-refractivity contribution in [3.63, 3.8) is 0 Å². The summed E-state index contributed by atoms with van der Waals surface area (Å²) in [6.07, 6.45) is 1.61. The summed E-state index contributed by atoms with van der Waals surface area (Å²) in [5.74, 6) is -0.00554. The van der Waals surface area contributed by atoms with Gasteiger partial charge in [0.25, 0.3) is 5.69 Å². The molecular formula is C14H14FN3O3. The van der Waals surface area contributed by atoms with Gasteiger partial charge in [-0.1, -0.05) is 0 Å². The van der Waals surface area contributed by atoms with E-state index in [2.05, 4.69) is 10.3 Å². The van der Waals surface area contributed by atoms with Crippen LogP contribution < -0.4 is 10.1 Å². The molecule has 0 radical (unpaired) electrons. The van der Waals surface area contributed by atoms with Crippen LogP contribution in [0.25, 0.3) is 0 Å². The van der Waals surface area contributed by atoms with Crippen LogP contribution in [0, 0.1) is 15.9 Å². The summed E-state index contributed by atoms with van der Waals surface area (Å²) in [4.78, 5) is 14.3. The van der Waals surface area contributed by atoms with Gasteiger partial charge in [0.05, 0.1) is 12.0 Å². The average Bonchev–Trinajstić information content (AvgIpc) is 2.47. The van der Waals surface area contributed by atoms with Crippen LogP contribution >= 0.6 is 0 Å². The van der Waals surface area contributed by atoms with E-state index in [1.807, 2.05) is 0 Å². The summed E-state index contributed by atoms with van der Waals surface area (Å²) < 4.78 is 18.2. The van der Waals surface area contributed by atoms with Crippen LogP contribution in [0.1, 0.15) is 11.1 Å². The molecule has 2 aromatic rings. The Morgan fingerprint density at radius 1 is 1.33 bits per heavy atom. The van der Waals surface area contributed by atoms with Crippen molar-refractivity contribution in [2.24, 2.45) is 0 Å². The van der Waals surface area contributed by atoms with E-state index < -0.39 is 10.7 Å². The molecule has 7 heteroatoms. The number of pyridine rings is 1. The lowest BCUT2D eigenvalue weighted by Gasteiger charge is -2.07. The van der Waals surface area contributed by atoms with Crippen LogP contribution in [0.4, 0.5) is 10.1 Å². The largest absolute Gasteiger partial charge is 0.481 e. The van der Waals surface area contributed by atoms with Gasteiger partial charge in [-0.25, -0.2) is 9.37 Å². The monoisotopic (exact) mass is 291 g/mol. The highest BCUT2D eigenvalue weighted by molar-refractivity contribution is 5.40. The fraction of sp³-hybridized carbons (Fsp3) is 0.214. The SMILES string of the molecule is COc1cc(CNCc2cc(F)ccc2[N+](=O)[O-])ccn1. The number of rotatable bonds is 6. The van der Waals surface area contributed by atoms with Crippen molar-refractivity contribution in [1.82, 2.24) is 10.3 Å². The second kappa shape index (κ2) is 6.76. The highest BCUT2D eigenvalue weighted by Crippen LogP contribution is 2.19. The van der Waals surface area contributed by atoms with E-state index in [1.54, 1.807) is 18.3 Å². The number of benzene rings is 1. The first-order valence-corrected chi connectivity index (χ1v) is 6.22. The molecule has 0 aliphatic heterocycles. The molecule has 1 aromatic heterocycles. The Bertz CT molecular complexity index is 649. The summed E-state index contributed by atoms with van der Waals surface area (Å²) >= 11 is 0. The van der Waals surface area contributed by atoms with Crippen LogP contribution in [0.3, 0.4) is 0 Å². The lowest BCUT2D eigenvalue weighted by Crippen LogP contribution is -2.14. The Morgan fingerprint density at radius 3 is 2.86 bits per heavy atom. The molecule has 2 rings (SSSR count). The van der Waals surface area contributed by atoms with E-state index in [0.29, 0.717) is 18.0 Å². The van der Waals surface area contributed by atoms with Gasteiger partial charge < -0.3 is 10.1 Å². The van der Waals surface area contributed by atoms with Gasteiger partial charge in [-0.05, 0) is 23.8 Å². The van der Waals surface area contributed by atoms with Crippen LogP contribution in [0.5, 0.6) is 5.88 Å². The van der Waals surface area contributed by atoms with Crippen LogP contribution in [-0.4, -0.2) is 17.0 Å². The number of hydrogen-bond acceptors (Lipinski definition) is 5. The minimum Gasteiger partial charge on any atom is -0.481 e. The van der Waals surface area contributed by atoms with Gasteiger partial charge in [-0.3, -0.25) is 10.1 Å². The highest BCUT2D eigenvalue weighted by Gasteiger charge is 2.13. The molecule has 0 aliphatic rings. The van der Waals surface area contributed by atoms with Gasteiger partial charge >= 0.3 is 0 Å². The number of aromatic nitrogens is 1. The van der Waals surface area contributed by atoms with Gasteiger partial charge in [0.2, 0.25) is 5.88 Å². The van der Waals surface area contributed by atoms with Gasteiger partial charge in [-0.2, -0.15) is 0 Å². The predicted molar refractivity (Wildman–Crippen MR) is 74.4 cm³/mol. The fourth-order valence-electron chi connectivity index (χ4n) is 1.89. The van der Waals surface area contributed by atoms with Crippen molar-refractivity contribution in [2.75, 3.05) is 7.11 Å². The zero-order chi connectivity index (χ0) is 15.2. The number of methoxy groups -OCH3 is 1. The van der Waals surface area contributed by atoms with Crippen molar-refractivity contribution in [2.45, 2.75) is 13.1 Å². The predicted octanol–water partition coefficient (Wildman–Crippen LogP) is 2.43. The lowest BCUT2D eigenvalue weighted by atomic mass is 10.1. The standard InChI is InChI=1S/C14H14FN3O3/c1-21-14-6-10(4-5-17-14)8-16-9-11-7-12(15)2-3-13(11)18(19)20/h2-7,16H,8-9H2,1H3. The normalized spacial score (nSPS) is 10.4. The van der Waals surface area contributed by atoms with Crippen LogP contribution in [0.2, 0.25) is 0 Å². The maximum absolute atomic E-state index is 13.2. The summed E-state index contributed by atoms with van der Waals surface area (Å²) in [7, 11) is 1.52. The number of hydrogen-bond donors (Lipinski definition) is 1. The third-order valence-corrected chi connectivity index (χ3v) is 2.89. The molecule has 0 saturated carbocycles. The minimum absolute atomic E-state index is 0.101. The molecule has 0 amide bonds. The number of nitrogens with zero attached hydrogens (tertiary/aromatic N) is 2. The molecule has 6 nitrogen and oxygen atoms in total. The second-order valence-electron chi connectivity index (χ2n) is 4.34. The molecule has 0 aliphatic carbocycles. The number of nitro groups is 1. The molecule has 110 valence electrons. The summed E-state index contributed by atoms with van der Waals surface area (Å²) in [6.45, 7) is 0.658. The van der Waals surface area contributed by atoms with Crippen molar-refractivity contribution in [3.8, 4) is 5.88 Å². The van der Waals surface area contributed by atoms with Gasteiger partial charge in [0, 0.05) is 37.0 Å². The Hall–Kier alpha value is -2.54. The number of ether oxygens (including phenoxy) is 1. The maximum atomic E-state index is 13.2. The summed E-state index contributed by atoms with van der Waals surface area (Å²) in [5, 5.41) is 13.9. The van der Waals surface area contributed by atoms with E-state index >= 15 is 0 Å². The molecular weight excluding hydrogens is 277 g/mol. The first kappa shape index (κ1) is 14.9. The van der Waals surface area contributed by atoms with E-state index in [9.17, 15) is 14.5 Å². The molecule has 0 spiro atoms. The molecule has 1 N–H and O–H groups in total. The molecule has 0 unspecified atom stereocenters. The minimum atomic E-state index is -0.522. The Labute approximate surface area is 120 Å². The van der Waals surface area contributed by atoms with Gasteiger partial charge in [0.1, 0.15) is 5.82 Å². The zero-order valence-corrected chi connectivity index (χ0v) is 11.4. The number of nitrogens with one attached hydrogen (secondary N) is 1. The van der Waals surface area contributed by atoms with E-state index in [1.165, 1.54) is 13.2 Å². The van der Waals surface area contributed by atoms with Gasteiger partial charge in [0.15, 0.2) is 0 Å². The second-order valence-corrected chi connectivity index (χ2v) is 4.34. The van der Waals surface area contributed by atoms with Crippen LogP contribution in [-0.2, 0) is 13.1 Å². The van der Waals surface area contributed by atoms with Crippen molar-refractivity contribution in [1.29, 1.82) is 0 Å². The van der Waals surface area contributed by atoms with E-state index in [-0.39, 0.29) is 12.2 Å². The molecule has 1 heterocycles.